The Labute approximate surface area is 261 Å². The number of halogens is 4. The largest absolute Gasteiger partial charge is 0.354 e. The Kier molecular flexibility index (Phi) is 12.2. The zero-order valence-corrected chi connectivity index (χ0v) is 26.5. The first kappa shape index (κ1) is 33.0. The van der Waals surface area contributed by atoms with E-state index in [1.807, 2.05) is 37.3 Å². The molecule has 0 saturated carbocycles. The van der Waals surface area contributed by atoms with Crippen LogP contribution in [0.3, 0.4) is 0 Å². The van der Waals surface area contributed by atoms with Crippen LogP contribution in [0.25, 0.3) is 0 Å². The summed E-state index contributed by atoms with van der Waals surface area (Å²) in [6.07, 6.45) is 2.79. The zero-order valence-electron chi connectivity index (χ0n) is 22.6. The fourth-order valence-electron chi connectivity index (χ4n) is 4.17. The maximum Gasteiger partial charge on any atom is 0.244 e. The monoisotopic (exact) mass is 657 g/mol. The number of rotatable bonds is 13. The van der Waals surface area contributed by atoms with Gasteiger partial charge in [-0.3, -0.25) is 13.9 Å². The Bertz CT molecular complexity index is 1470. The van der Waals surface area contributed by atoms with Gasteiger partial charge in [0.1, 0.15) is 12.6 Å². The maximum absolute atomic E-state index is 14.1. The number of nitrogens with one attached hydrogen (secondary N) is 1. The molecule has 3 aromatic rings. The summed E-state index contributed by atoms with van der Waals surface area (Å²) in [5.41, 5.74) is 1.41. The molecule has 7 nitrogen and oxygen atoms in total. The van der Waals surface area contributed by atoms with Crippen LogP contribution in [0.2, 0.25) is 20.1 Å². The minimum atomic E-state index is -4.03. The third-order valence-corrected chi connectivity index (χ3v) is 8.86. The van der Waals surface area contributed by atoms with Gasteiger partial charge in [0.15, 0.2) is 0 Å². The van der Waals surface area contributed by atoms with E-state index in [-0.39, 0.29) is 39.6 Å². The van der Waals surface area contributed by atoms with Crippen LogP contribution in [0.4, 0.5) is 5.69 Å². The molecule has 1 N–H and O–H groups in total. The highest BCUT2D eigenvalue weighted by atomic mass is 35.5. The molecule has 0 heterocycles. The van der Waals surface area contributed by atoms with Gasteiger partial charge in [0.05, 0.1) is 27.0 Å². The summed E-state index contributed by atoms with van der Waals surface area (Å²) in [7, 11) is -4.03. The van der Waals surface area contributed by atoms with Crippen molar-refractivity contribution in [2.45, 2.75) is 38.8 Å². The highest BCUT2D eigenvalue weighted by Gasteiger charge is 2.34. The van der Waals surface area contributed by atoms with Gasteiger partial charge in [0, 0.05) is 24.5 Å². The van der Waals surface area contributed by atoms with Gasteiger partial charge >= 0.3 is 0 Å². The number of carbonyl (C=O) groups excluding carboxylic acids is 2. The summed E-state index contributed by atoms with van der Waals surface area (Å²) in [6.45, 7) is 1.76. The van der Waals surface area contributed by atoms with Crippen LogP contribution < -0.4 is 9.62 Å². The number of unbranched alkanes of at least 4 members (excludes halogenated alkanes) is 1. The van der Waals surface area contributed by atoms with Gasteiger partial charge in [-0.15, -0.1) is 0 Å². The summed E-state index contributed by atoms with van der Waals surface area (Å²) in [4.78, 5) is 29.1. The second-order valence-electron chi connectivity index (χ2n) is 9.45. The number of anilines is 1. The van der Waals surface area contributed by atoms with E-state index in [4.69, 9.17) is 46.4 Å². The molecule has 2 amide bonds. The molecule has 0 aromatic heterocycles. The van der Waals surface area contributed by atoms with Gasteiger partial charge in [-0.05, 0) is 35.7 Å². The van der Waals surface area contributed by atoms with Gasteiger partial charge in [-0.25, -0.2) is 8.42 Å². The molecule has 0 spiro atoms. The molecule has 1 atom stereocenters. The summed E-state index contributed by atoms with van der Waals surface area (Å²) in [5.74, 6) is -0.995. The standard InChI is InChI=1S/C29H31Cl4N3O4S/c1-3-4-14-34-29(38)27(15-20-10-6-5-7-11-20)35(18-21-12-8-9-13-22(21)30)28(37)19-36(41(2,39)40)26-17-24(32)23(31)16-25(26)33/h5-13,16-17,27H,3-4,14-15,18-19H2,1-2H3,(H,34,38)/t27-/m0/s1. The first-order valence-electron chi connectivity index (χ1n) is 12.9. The van der Waals surface area contributed by atoms with Crippen LogP contribution >= 0.6 is 46.4 Å². The molecule has 0 bridgehead atoms. The molecule has 12 heteroatoms. The van der Waals surface area contributed by atoms with E-state index < -0.39 is 28.5 Å². The molecular weight excluding hydrogens is 628 g/mol. The van der Waals surface area contributed by atoms with Crippen molar-refractivity contribution in [1.29, 1.82) is 0 Å². The van der Waals surface area contributed by atoms with Crippen LogP contribution in [-0.2, 0) is 32.6 Å². The predicted molar refractivity (Wildman–Crippen MR) is 168 cm³/mol. The summed E-state index contributed by atoms with van der Waals surface area (Å²) >= 11 is 25.0. The molecule has 3 rings (SSSR count). The lowest BCUT2D eigenvalue weighted by atomic mass is 10.0. The van der Waals surface area contributed by atoms with Crippen molar-refractivity contribution in [3.05, 3.63) is 97.9 Å². The van der Waals surface area contributed by atoms with Gasteiger partial charge in [0.25, 0.3) is 0 Å². The van der Waals surface area contributed by atoms with E-state index in [1.165, 1.54) is 17.0 Å². The molecule has 0 aliphatic rings. The van der Waals surface area contributed by atoms with E-state index in [9.17, 15) is 18.0 Å². The number of benzene rings is 3. The number of hydrogen-bond donors (Lipinski definition) is 1. The Balaban J connectivity index is 2.08. The minimum Gasteiger partial charge on any atom is -0.354 e. The molecule has 0 radical (unpaired) electrons. The topological polar surface area (TPSA) is 86.8 Å². The van der Waals surface area contributed by atoms with Crippen molar-refractivity contribution < 1.29 is 18.0 Å². The fraction of sp³-hybridized carbons (Fsp3) is 0.310. The van der Waals surface area contributed by atoms with Crippen molar-refractivity contribution in [3.8, 4) is 0 Å². The normalized spacial score (nSPS) is 12.0. The highest BCUT2D eigenvalue weighted by molar-refractivity contribution is 7.92. The average molecular weight is 659 g/mol. The Hall–Kier alpha value is -2.49. The summed E-state index contributed by atoms with van der Waals surface area (Å²) < 4.78 is 26.7. The van der Waals surface area contributed by atoms with E-state index >= 15 is 0 Å². The first-order chi connectivity index (χ1) is 19.4. The van der Waals surface area contributed by atoms with Gasteiger partial charge in [-0.2, -0.15) is 0 Å². The summed E-state index contributed by atoms with van der Waals surface area (Å²) in [6, 6.07) is 17.9. The van der Waals surface area contributed by atoms with Gasteiger partial charge in [-0.1, -0.05) is 108 Å². The second-order valence-corrected chi connectivity index (χ2v) is 13.0. The molecule has 41 heavy (non-hydrogen) atoms. The molecule has 0 saturated heterocycles. The van der Waals surface area contributed by atoms with E-state index in [1.54, 1.807) is 24.3 Å². The molecule has 0 aliphatic heterocycles. The lowest BCUT2D eigenvalue weighted by Crippen LogP contribution is -2.53. The van der Waals surface area contributed by atoms with Gasteiger partial charge < -0.3 is 10.2 Å². The third kappa shape index (κ3) is 9.25. The zero-order chi connectivity index (χ0) is 30.2. The highest BCUT2D eigenvalue weighted by Crippen LogP contribution is 2.36. The van der Waals surface area contributed by atoms with Gasteiger partial charge in [0.2, 0.25) is 21.8 Å². The molecule has 0 aliphatic carbocycles. The first-order valence-corrected chi connectivity index (χ1v) is 16.2. The fourth-order valence-corrected chi connectivity index (χ4v) is 5.91. The Morgan fingerprint density at radius 3 is 2.15 bits per heavy atom. The smallest absolute Gasteiger partial charge is 0.244 e. The Morgan fingerprint density at radius 1 is 0.878 bits per heavy atom. The van der Waals surface area contributed by atoms with Crippen molar-refractivity contribution >= 4 is 73.9 Å². The van der Waals surface area contributed by atoms with E-state index in [0.717, 1.165) is 29.0 Å². The second kappa shape index (κ2) is 15.1. The van der Waals surface area contributed by atoms with Crippen LogP contribution in [0.5, 0.6) is 0 Å². The lowest BCUT2D eigenvalue weighted by Gasteiger charge is -2.34. The number of hydrogen-bond acceptors (Lipinski definition) is 4. The number of sulfonamides is 1. The number of amides is 2. The van der Waals surface area contributed by atoms with Crippen molar-refractivity contribution in [1.82, 2.24) is 10.2 Å². The third-order valence-electron chi connectivity index (χ3n) is 6.34. The maximum atomic E-state index is 14.1. The number of carbonyl (C=O) groups is 2. The molecule has 0 fully saturated rings. The molecule has 3 aromatic carbocycles. The number of nitrogens with zero attached hydrogens (tertiary/aromatic N) is 2. The predicted octanol–water partition coefficient (Wildman–Crippen LogP) is 6.62. The SMILES string of the molecule is CCCCNC(=O)[C@H](Cc1ccccc1)N(Cc1ccccc1Cl)C(=O)CN(c1cc(Cl)c(Cl)cc1Cl)S(C)(=O)=O. The van der Waals surface area contributed by atoms with Crippen LogP contribution in [0.15, 0.2) is 66.7 Å². The molecule has 0 unspecified atom stereocenters. The van der Waals surface area contributed by atoms with Crippen molar-refractivity contribution in [3.63, 3.8) is 0 Å². The molecular formula is C29H31Cl4N3O4S. The summed E-state index contributed by atoms with van der Waals surface area (Å²) in [5, 5.41) is 3.52. The van der Waals surface area contributed by atoms with Crippen LogP contribution in [0.1, 0.15) is 30.9 Å². The van der Waals surface area contributed by atoms with E-state index in [0.29, 0.717) is 17.1 Å². The minimum absolute atomic E-state index is 0.00609. The molecule has 220 valence electrons. The van der Waals surface area contributed by atoms with Crippen LogP contribution in [-0.4, -0.2) is 50.5 Å². The lowest BCUT2D eigenvalue weighted by molar-refractivity contribution is -0.140. The quantitative estimate of drug-likeness (QED) is 0.165. The Morgan fingerprint density at radius 2 is 1.51 bits per heavy atom. The van der Waals surface area contributed by atoms with Crippen molar-refractivity contribution in [2.75, 3.05) is 23.7 Å². The average Bonchev–Trinajstić information content (AvgIpc) is 2.92. The van der Waals surface area contributed by atoms with Crippen LogP contribution in [0, 0.1) is 0 Å². The van der Waals surface area contributed by atoms with Crippen molar-refractivity contribution in [2.24, 2.45) is 0 Å². The van der Waals surface area contributed by atoms with E-state index in [2.05, 4.69) is 5.32 Å².